The molecule has 1 aliphatic heterocycles. The summed E-state index contributed by atoms with van der Waals surface area (Å²) >= 11 is 1.43. The Balaban J connectivity index is 1.39. The fourth-order valence-electron chi connectivity index (χ4n) is 3.82. The maximum absolute atomic E-state index is 13.0. The van der Waals surface area contributed by atoms with Crippen LogP contribution in [0.25, 0.3) is 10.6 Å². The van der Waals surface area contributed by atoms with Gasteiger partial charge < -0.3 is 4.90 Å². The lowest BCUT2D eigenvalue weighted by atomic mass is 10.2. The molecule has 1 saturated carbocycles. The van der Waals surface area contributed by atoms with Crippen molar-refractivity contribution >= 4 is 17.2 Å². The van der Waals surface area contributed by atoms with Crippen molar-refractivity contribution in [2.24, 2.45) is 0 Å². The van der Waals surface area contributed by atoms with Crippen LogP contribution in [0.4, 0.5) is 4.39 Å². The first-order valence-electron chi connectivity index (χ1n) is 8.95. The molecule has 2 fully saturated rings. The number of carbonyl (C=O) groups excluding carboxylic acids is 1. The summed E-state index contributed by atoms with van der Waals surface area (Å²) in [4.78, 5) is 21.6. The van der Waals surface area contributed by atoms with Crippen molar-refractivity contribution in [2.75, 3.05) is 26.2 Å². The maximum atomic E-state index is 13.0. The number of benzene rings is 1. The molecule has 0 N–H and O–H groups in total. The van der Waals surface area contributed by atoms with Crippen molar-refractivity contribution in [1.29, 1.82) is 0 Å². The van der Waals surface area contributed by atoms with Gasteiger partial charge in [-0.2, -0.15) is 0 Å². The quantitative estimate of drug-likeness (QED) is 0.839. The zero-order valence-electron chi connectivity index (χ0n) is 14.2. The van der Waals surface area contributed by atoms with Gasteiger partial charge in [-0.05, 0) is 37.1 Å². The second-order valence-electron chi connectivity index (χ2n) is 6.81. The smallest absolute Gasteiger partial charge is 0.273 e. The summed E-state index contributed by atoms with van der Waals surface area (Å²) in [6, 6.07) is 6.95. The Labute approximate surface area is 151 Å². The Kier molecular flexibility index (Phi) is 4.81. The van der Waals surface area contributed by atoms with Gasteiger partial charge in [0.1, 0.15) is 16.5 Å². The Morgan fingerprint density at radius 1 is 1.08 bits per heavy atom. The fraction of sp³-hybridized carbons (Fsp3) is 0.474. The van der Waals surface area contributed by atoms with Crippen molar-refractivity contribution in [3.63, 3.8) is 0 Å². The largest absolute Gasteiger partial charge is 0.335 e. The van der Waals surface area contributed by atoms with E-state index in [9.17, 15) is 9.18 Å². The van der Waals surface area contributed by atoms with Gasteiger partial charge >= 0.3 is 0 Å². The highest BCUT2D eigenvalue weighted by atomic mass is 32.1. The van der Waals surface area contributed by atoms with Gasteiger partial charge in [0, 0.05) is 43.2 Å². The van der Waals surface area contributed by atoms with Gasteiger partial charge in [0.2, 0.25) is 0 Å². The number of amides is 1. The van der Waals surface area contributed by atoms with Crippen LogP contribution in [0.5, 0.6) is 0 Å². The van der Waals surface area contributed by atoms with Gasteiger partial charge in [-0.15, -0.1) is 11.3 Å². The molecular formula is C19H22FN3OS. The van der Waals surface area contributed by atoms with E-state index in [2.05, 4.69) is 9.88 Å². The second-order valence-corrected chi connectivity index (χ2v) is 7.67. The van der Waals surface area contributed by atoms with Crippen LogP contribution in [0.15, 0.2) is 29.6 Å². The van der Waals surface area contributed by atoms with E-state index < -0.39 is 0 Å². The van der Waals surface area contributed by atoms with E-state index in [0.717, 1.165) is 42.8 Å². The molecule has 4 rings (SSSR count). The summed E-state index contributed by atoms with van der Waals surface area (Å²) in [5.74, 6) is -0.257. The highest BCUT2D eigenvalue weighted by Gasteiger charge is 2.29. The van der Waals surface area contributed by atoms with Crippen LogP contribution in [-0.4, -0.2) is 52.9 Å². The van der Waals surface area contributed by atoms with Gasteiger partial charge in [-0.1, -0.05) is 12.8 Å². The Morgan fingerprint density at radius 3 is 2.44 bits per heavy atom. The van der Waals surface area contributed by atoms with Crippen molar-refractivity contribution in [1.82, 2.24) is 14.8 Å². The number of thiazole rings is 1. The van der Waals surface area contributed by atoms with Crippen LogP contribution in [0, 0.1) is 5.82 Å². The average molecular weight is 359 g/mol. The highest BCUT2D eigenvalue weighted by Crippen LogP contribution is 2.26. The molecule has 0 bridgehead atoms. The first-order valence-corrected chi connectivity index (χ1v) is 9.83. The molecule has 2 aromatic rings. The fourth-order valence-corrected chi connectivity index (χ4v) is 4.62. The van der Waals surface area contributed by atoms with Crippen LogP contribution in [0.1, 0.15) is 36.2 Å². The molecule has 1 amide bonds. The summed E-state index contributed by atoms with van der Waals surface area (Å²) in [6.07, 6.45) is 5.30. The van der Waals surface area contributed by atoms with Gasteiger partial charge in [-0.3, -0.25) is 9.69 Å². The monoisotopic (exact) mass is 359 g/mol. The van der Waals surface area contributed by atoms with Crippen LogP contribution >= 0.6 is 11.3 Å². The van der Waals surface area contributed by atoms with Crippen LogP contribution < -0.4 is 0 Å². The summed E-state index contributed by atoms with van der Waals surface area (Å²) in [6.45, 7) is 3.48. The number of carbonyl (C=O) groups is 1. The Bertz CT molecular complexity index is 731. The lowest BCUT2D eigenvalue weighted by molar-refractivity contribution is 0.0569. The minimum atomic E-state index is -0.267. The first-order chi connectivity index (χ1) is 12.2. The van der Waals surface area contributed by atoms with Crippen LogP contribution in [0.2, 0.25) is 0 Å². The van der Waals surface area contributed by atoms with E-state index in [1.165, 1.54) is 49.2 Å². The third-order valence-electron chi connectivity index (χ3n) is 5.26. The number of aromatic nitrogens is 1. The summed E-state index contributed by atoms with van der Waals surface area (Å²) in [5.41, 5.74) is 1.34. The zero-order chi connectivity index (χ0) is 17.2. The third kappa shape index (κ3) is 3.60. The average Bonchev–Trinajstić information content (AvgIpc) is 3.34. The molecule has 6 heteroatoms. The van der Waals surface area contributed by atoms with E-state index in [1.54, 1.807) is 12.1 Å². The highest BCUT2D eigenvalue weighted by molar-refractivity contribution is 7.13. The lowest BCUT2D eigenvalue weighted by Crippen LogP contribution is -2.51. The zero-order valence-corrected chi connectivity index (χ0v) is 15.0. The third-order valence-corrected chi connectivity index (χ3v) is 6.15. The van der Waals surface area contributed by atoms with E-state index in [-0.39, 0.29) is 11.7 Å². The normalized spacial score (nSPS) is 19.5. The predicted molar refractivity (Wildman–Crippen MR) is 97.2 cm³/mol. The number of rotatable bonds is 3. The number of hydrogen-bond donors (Lipinski definition) is 0. The molecule has 0 unspecified atom stereocenters. The molecule has 2 aliphatic rings. The maximum Gasteiger partial charge on any atom is 0.273 e. The molecule has 1 saturated heterocycles. The summed E-state index contributed by atoms with van der Waals surface area (Å²) < 4.78 is 13.0. The molecule has 4 nitrogen and oxygen atoms in total. The van der Waals surface area contributed by atoms with Gasteiger partial charge in [0.25, 0.3) is 5.91 Å². The molecule has 25 heavy (non-hydrogen) atoms. The molecule has 0 spiro atoms. The van der Waals surface area contributed by atoms with E-state index >= 15 is 0 Å². The van der Waals surface area contributed by atoms with Crippen LogP contribution in [0.3, 0.4) is 0 Å². The topological polar surface area (TPSA) is 36.4 Å². The Morgan fingerprint density at radius 2 is 1.76 bits per heavy atom. The van der Waals surface area contributed by atoms with Gasteiger partial charge in [-0.25, -0.2) is 9.37 Å². The lowest BCUT2D eigenvalue weighted by Gasteiger charge is -2.37. The van der Waals surface area contributed by atoms with Crippen molar-refractivity contribution in [3.05, 3.63) is 41.2 Å². The molecule has 1 aliphatic carbocycles. The van der Waals surface area contributed by atoms with Crippen molar-refractivity contribution < 1.29 is 9.18 Å². The Hall–Kier alpha value is -1.79. The number of piperazine rings is 1. The van der Waals surface area contributed by atoms with Crippen molar-refractivity contribution in [3.8, 4) is 10.6 Å². The molecule has 1 aromatic heterocycles. The second kappa shape index (κ2) is 7.22. The summed E-state index contributed by atoms with van der Waals surface area (Å²) in [7, 11) is 0. The van der Waals surface area contributed by atoms with Gasteiger partial charge in [0.15, 0.2) is 0 Å². The molecule has 2 heterocycles. The van der Waals surface area contributed by atoms with E-state index in [4.69, 9.17) is 0 Å². The SMILES string of the molecule is O=C(c1csc(-c2ccc(F)cc2)n1)N1CCN(C2CCCC2)CC1. The molecule has 132 valence electrons. The molecule has 1 aromatic carbocycles. The minimum Gasteiger partial charge on any atom is -0.335 e. The molecule has 0 radical (unpaired) electrons. The van der Waals surface area contributed by atoms with Crippen LogP contribution in [-0.2, 0) is 0 Å². The predicted octanol–water partition coefficient (Wildman–Crippen LogP) is 3.65. The molecular weight excluding hydrogens is 337 g/mol. The van der Waals surface area contributed by atoms with Crippen molar-refractivity contribution in [2.45, 2.75) is 31.7 Å². The van der Waals surface area contributed by atoms with E-state index in [1.807, 2.05) is 10.3 Å². The molecule has 0 atom stereocenters. The minimum absolute atomic E-state index is 0.00989. The first kappa shape index (κ1) is 16.7. The van der Waals surface area contributed by atoms with Gasteiger partial charge in [0.05, 0.1) is 0 Å². The summed E-state index contributed by atoms with van der Waals surface area (Å²) in [5, 5.41) is 2.57. The number of halogens is 1. The number of nitrogens with zero attached hydrogens (tertiary/aromatic N) is 3. The standard InChI is InChI=1S/C19H22FN3OS/c20-15-7-5-14(6-8-15)18-21-17(13-25-18)19(24)23-11-9-22(10-12-23)16-3-1-2-4-16/h5-8,13,16H,1-4,9-12H2. The number of hydrogen-bond acceptors (Lipinski definition) is 4. The van der Waals surface area contributed by atoms with E-state index in [0.29, 0.717) is 5.69 Å².